The molecule has 0 aliphatic rings. The first-order valence-electron chi connectivity index (χ1n) is 4.38. The minimum Gasteiger partial charge on any atom is -0.478 e. The lowest BCUT2D eigenvalue weighted by atomic mass is 10.2. The summed E-state index contributed by atoms with van der Waals surface area (Å²) >= 11 is 3.18. The largest absolute Gasteiger partial charge is 0.478 e. The topological polar surface area (TPSA) is 75.6 Å². The summed E-state index contributed by atoms with van der Waals surface area (Å²) in [6, 6.07) is 4.73. The van der Waals surface area contributed by atoms with E-state index in [-0.39, 0.29) is 12.1 Å². The third kappa shape index (κ3) is 3.23. The van der Waals surface area contributed by atoms with Crippen molar-refractivity contribution in [2.45, 2.75) is 0 Å². The molecule has 1 rings (SSSR count). The number of rotatable bonds is 4. The molecule has 0 atom stereocenters. The van der Waals surface area contributed by atoms with Gasteiger partial charge in [-0.1, -0.05) is 15.9 Å². The summed E-state index contributed by atoms with van der Waals surface area (Å²) in [5.41, 5.74) is 0.472. The van der Waals surface area contributed by atoms with Crippen LogP contribution in [0.2, 0.25) is 0 Å². The van der Waals surface area contributed by atoms with Crippen molar-refractivity contribution in [1.29, 1.82) is 0 Å². The number of carbonyl (C=O) groups is 2. The summed E-state index contributed by atoms with van der Waals surface area (Å²) in [4.78, 5) is 21.8. The molecule has 5 nitrogen and oxygen atoms in total. The molecule has 0 unspecified atom stereocenters. The molecule has 0 aromatic heterocycles. The van der Waals surface area contributed by atoms with E-state index in [0.717, 1.165) is 0 Å². The third-order valence-corrected chi connectivity index (χ3v) is 2.36. The van der Waals surface area contributed by atoms with Crippen molar-refractivity contribution in [3.8, 4) is 0 Å². The van der Waals surface area contributed by atoms with Crippen LogP contribution in [0.3, 0.4) is 0 Å². The Balaban J connectivity index is 2.87. The first-order chi connectivity index (χ1) is 7.54. The number of esters is 1. The average Bonchev–Trinajstić information content (AvgIpc) is 2.26. The molecule has 86 valence electrons. The fourth-order valence-electron chi connectivity index (χ4n) is 1.09. The molecular formula is C10H10BrNO4. The molecule has 0 aliphatic heterocycles. The fraction of sp³-hybridized carbons (Fsp3) is 0.200. The Kier molecular flexibility index (Phi) is 4.30. The molecule has 0 saturated carbocycles. The summed E-state index contributed by atoms with van der Waals surface area (Å²) in [7, 11) is 1.27. The van der Waals surface area contributed by atoms with E-state index in [2.05, 4.69) is 26.0 Å². The maximum Gasteiger partial charge on any atom is 0.337 e. The van der Waals surface area contributed by atoms with Gasteiger partial charge in [-0.3, -0.25) is 4.79 Å². The standard InChI is InChI=1S/C10H10BrNO4/c1-16-9(13)5-12-8-3-2-6(11)4-7(8)10(14)15/h2-4,12H,5H2,1H3,(H,14,15). The van der Waals surface area contributed by atoms with Gasteiger partial charge < -0.3 is 15.2 Å². The monoisotopic (exact) mass is 287 g/mol. The van der Waals surface area contributed by atoms with Gasteiger partial charge in [-0.05, 0) is 18.2 Å². The fourth-order valence-corrected chi connectivity index (χ4v) is 1.45. The van der Waals surface area contributed by atoms with Gasteiger partial charge in [0.15, 0.2) is 0 Å². The van der Waals surface area contributed by atoms with E-state index in [1.165, 1.54) is 13.2 Å². The summed E-state index contributed by atoms with van der Waals surface area (Å²) in [6.07, 6.45) is 0. The SMILES string of the molecule is COC(=O)CNc1ccc(Br)cc1C(=O)O. The Labute approximate surface area is 101 Å². The van der Waals surface area contributed by atoms with E-state index in [0.29, 0.717) is 10.2 Å². The number of carboxylic acid groups (broad SMARTS) is 1. The molecule has 0 fully saturated rings. The van der Waals surface area contributed by atoms with Crippen LogP contribution in [0.25, 0.3) is 0 Å². The number of hydrogen-bond donors (Lipinski definition) is 2. The minimum atomic E-state index is -1.06. The predicted octanol–water partition coefficient (Wildman–Crippen LogP) is 1.73. The Morgan fingerprint density at radius 3 is 2.75 bits per heavy atom. The van der Waals surface area contributed by atoms with Crippen molar-refractivity contribution in [3.05, 3.63) is 28.2 Å². The molecule has 0 saturated heterocycles. The maximum absolute atomic E-state index is 10.9. The number of hydrogen-bond acceptors (Lipinski definition) is 4. The molecule has 16 heavy (non-hydrogen) atoms. The van der Waals surface area contributed by atoms with Gasteiger partial charge in [0.25, 0.3) is 0 Å². The number of ether oxygens (including phenoxy) is 1. The van der Waals surface area contributed by atoms with Crippen LogP contribution in [0.4, 0.5) is 5.69 Å². The lowest BCUT2D eigenvalue weighted by Crippen LogP contribution is -2.16. The number of halogens is 1. The first kappa shape index (κ1) is 12.5. The van der Waals surface area contributed by atoms with Gasteiger partial charge in [-0.25, -0.2) is 4.79 Å². The van der Waals surface area contributed by atoms with Crippen molar-refractivity contribution in [2.24, 2.45) is 0 Å². The van der Waals surface area contributed by atoms with Crippen molar-refractivity contribution < 1.29 is 19.4 Å². The number of anilines is 1. The zero-order valence-electron chi connectivity index (χ0n) is 8.49. The van der Waals surface area contributed by atoms with Gasteiger partial charge in [0.1, 0.15) is 6.54 Å². The van der Waals surface area contributed by atoms with Crippen LogP contribution in [-0.4, -0.2) is 30.7 Å². The molecule has 0 aliphatic carbocycles. The Morgan fingerprint density at radius 2 is 2.19 bits per heavy atom. The Hall–Kier alpha value is -1.56. The molecule has 0 radical (unpaired) electrons. The molecular weight excluding hydrogens is 278 g/mol. The predicted molar refractivity (Wildman–Crippen MR) is 61.6 cm³/mol. The van der Waals surface area contributed by atoms with Crippen molar-refractivity contribution in [1.82, 2.24) is 0 Å². The zero-order valence-corrected chi connectivity index (χ0v) is 10.1. The van der Waals surface area contributed by atoms with Crippen LogP contribution in [0.5, 0.6) is 0 Å². The van der Waals surface area contributed by atoms with E-state index in [1.54, 1.807) is 12.1 Å². The molecule has 1 aromatic rings. The van der Waals surface area contributed by atoms with Crippen molar-refractivity contribution in [3.63, 3.8) is 0 Å². The van der Waals surface area contributed by atoms with E-state index in [4.69, 9.17) is 5.11 Å². The van der Waals surface area contributed by atoms with Crippen molar-refractivity contribution in [2.75, 3.05) is 19.0 Å². The van der Waals surface area contributed by atoms with E-state index >= 15 is 0 Å². The van der Waals surface area contributed by atoms with E-state index < -0.39 is 11.9 Å². The summed E-state index contributed by atoms with van der Waals surface area (Å²) in [5, 5.41) is 11.6. The molecule has 0 spiro atoms. The summed E-state index contributed by atoms with van der Waals surface area (Å²) < 4.78 is 5.10. The number of benzene rings is 1. The highest BCUT2D eigenvalue weighted by molar-refractivity contribution is 9.10. The second kappa shape index (κ2) is 5.50. The number of methoxy groups -OCH3 is 1. The van der Waals surface area contributed by atoms with Gasteiger partial charge in [-0.2, -0.15) is 0 Å². The molecule has 0 bridgehead atoms. The first-order valence-corrected chi connectivity index (χ1v) is 5.17. The highest BCUT2D eigenvalue weighted by Crippen LogP contribution is 2.20. The van der Waals surface area contributed by atoms with Crippen LogP contribution in [0, 0.1) is 0 Å². The number of aromatic carboxylic acids is 1. The van der Waals surface area contributed by atoms with Gasteiger partial charge in [0.05, 0.1) is 12.7 Å². The average molecular weight is 288 g/mol. The second-order valence-corrected chi connectivity index (χ2v) is 3.84. The number of carbonyl (C=O) groups excluding carboxylic acids is 1. The minimum absolute atomic E-state index is 0.0710. The molecule has 0 heterocycles. The van der Waals surface area contributed by atoms with E-state index in [9.17, 15) is 9.59 Å². The van der Waals surface area contributed by atoms with Gasteiger partial charge in [-0.15, -0.1) is 0 Å². The molecule has 2 N–H and O–H groups in total. The normalized spacial score (nSPS) is 9.62. The number of carboxylic acids is 1. The van der Waals surface area contributed by atoms with Crippen LogP contribution >= 0.6 is 15.9 Å². The van der Waals surface area contributed by atoms with Gasteiger partial charge >= 0.3 is 11.9 Å². The van der Waals surface area contributed by atoms with Crippen LogP contribution in [-0.2, 0) is 9.53 Å². The smallest absolute Gasteiger partial charge is 0.337 e. The van der Waals surface area contributed by atoms with Crippen molar-refractivity contribution >= 4 is 33.6 Å². The quantitative estimate of drug-likeness (QED) is 0.825. The van der Waals surface area contributed by atoms with Crippen LogP contribution in [0.1, 0.15) is 10.4 Å². The van der Waals surface area contributed by atoms with Crippen LogP contribution in [0.15, 0.2) is 22.7 Å². The highest BCUT2D eigenvalue weighted by Gasteiger charge is 2.11. The Bertz CT molecular complexity index is 419. The van der Waals surface area contributed by atoms with E-state index in [1.807, 2.05) is 0 Å². The lowest BCUT2D eigenvalue weighted by molar-refractivity contribution is -0.138. The summed E-state index contributed by atoms with van der Waals surface area (Å²) in [5.74, 6) is -1.52. The summed E-state index contributed by atoms with van der Waals surface area (Å²) in [6.45, 7) is -0.0710. The van der Waals surface area contributed by atoms with Gasteiger partial charge in [0.2, 0.25) is 0 Å². The lowest BCUT2D eigenvalue weighted by Gasteiger charge is -2.08. The van der Waals surface area contributed by atoms with Gasteiger partial charge in [0, 0.05) is 10.2 Å². The second-order valence-electron chi connectivity index (χ2n) is 2.92. The molecule has 1 aromatic carbocycles. The number of nitrogens with one attached hydrogen (secondary N) is 1. The highest BCUT2D eigenvalue weighted by atomic mass is 79.9. The Morgan fingerprint density at radius 1 is 1.50 bits per heavy atom. The molecule has 0 amide bonds. The zero-order chi connectivity index (χ0) is 12.1. The van der Waals surface area contributed by atoms with Crippen LogP contribution < -0.4 is 5.32 Å². The third-order valence-electron chi connectivity index (χ3n) is 1.86. The maximum atomic E-state index is 10.9. The molecule has 6 heteroatoms.